The van der Waals surface area contributed by atoms with E-state index in [1.165, 1.54) is 25.2 Å². The predicted molar refractivity (Wildman–Crippen MR) is 69.2 cm³/mol. The smallest absolute Gasteiger partial charge is 0.339 e. The van der Waals surface area contributed by atoms with Gasteiger partial charge >= 0.3 is 6.18 Å². The van der Waals surface area contributed by atoms with Crippen LogP contribution < -0.4 is 5.32 Å². The van der Waals surface area contributed by atoms with Crippen molar-refractivity contribution in [2.45, 2.75) is 24.8 Å². The molecule has 1 aliphatic heterocycles. The van der Waals surface area contributed by atoms with E-state index in [4.69, 9.17) is 0 Å². The zero-order chi connectivity index (χ0) is 15.7. The lowest BCUT2D eigenvalue weighted by molar-refractivity contribution is -0.144. The first-order chi connectivity index (χ1) is 9.74. The summed E-state index contributed by atoms with van der Waals surface area (Å²) < 4.78 is 53.0. The second-order valence-electron chi connectivity index (χ2n) is 5.21. The molecule has 0 bridgehead atoms. The first-order valence-corrected chi connectivity index (χ1v) is 6.54. The monoisotopic (exact) mass is 304 g/mol. The summed E-state index contributed by atoms with van der Waals surface area (Å²) in [6.45, 7) is 0.00644. The lowest BCUT2D eigenvalue weighted by Crippen LogP contribution is -2.45. The Morgan fingerprint density at radius 3 is 2.62 bits per heavy atom. The molecule has 1 aliphatic rings. The number of benzene rings is 1. The van der Waals surface area contributed by atoms with Crippen molar-refractivity contribution < 1.29 is 22.4 Å². The number of carbonyl (C=O) groups is 1. The summed E-state index contributed by atoms with van der Waals surface area (Å²) in [7, 11) is 1.31. The summed E-state index contributed by atoms with van der Waals surface area (Å²) in [6, 6.07) is 5.00. The van der Waals surface area contributed by atoms with Crippen molar-refractivity contribution in [1.29, 1.82) is 0 Å². The molecule has 1 heterocycles. The minimum absolute atomic E-state index is 0.0388. The van der Waals surface area contributed by atoms with Gasteiger partial charge in [0.1, 0.15) is 0 Å². The van der Waals surface area contributed by atoms with Gasteiger partial charge in [0.15, 0.2) is 0 Å². The van der Waals surface area contributed by atoms with Gasteiger partial charge in [0, 0.05) is 26.6 Å². The van der Waals surface area contributed by atoms with Gasteiger partial charge in [-0.1, -0.05) is 18.2 Å². The van der Waals surface area contributed by atoms with Gasteiger partial charge in [0.05, 0.1) is 5.56 Å². The standard InChI is InChI=1S/C14H16F4N2O/c1-20(12(21)13(15)6-7-19-9-13)8-10-4-2-3-5-11(10)14(16,17)18/h2-5,19H,6-9H2,1H3/t13-/m0/s1. The van der Waals surface area contributed by atoms with Crippen molar-refractivity contribution in [3.63, 3.8) is 0 Å². The van der Waals surface area contributed by atoms with Gasteiger partial charge in [-0.3, -0.25) is 4.79 Å². The van der Waals surface area contributed by atoms with Crippen LogP contribution in [0.2, 0.25) is 0 Å². The zero-order valence-electron chi connectivity index (χ0n) is 11.5. The van der Waals surface area contributed by atoms with E-state index in [-0.39, 0.29) is 25.1 Å². The molecule has 0 aromatic heterocycles. The number of hydrogen-bond acceptors (Lipinski definition) is 2. The summed E-state index contributed by atoms with van der Waals surface area (Å²) in [6.07, 6.45) is -4.46. The molecular weight excluding hydrogens is 288 g/mol. The van der Waals surface area contributed by atoms with E-state index in [1.807, 2.05) is 0 Å². The molecule has 21 heavy (non-hydrogen) atoms. The van der Waals surface area contributed by atoms with E-state index in [0.717, 1.165) is 11.0 Å². The van der Waals surface area contributed by atoms with Crippen LogP contribution in [0.1, 0.15) is 17.5 Å². The van der Waals surface area contributed by atoms with E-state index in [0.29, 0.717) is 6.54 Å². The fourth-order valence-corrected chi connectivity index (χ4v) is 2.45. The molecule has 7 heteroatoms. The third-order valence-corrected chi connectivity index (χ3v) is 3.56. The van der Waals surface area contributed by atoms with E-state index in [2.05, 4.69) is 5.32 Å². The van der Waals surface area contributed by atoms with Gasteiger partial charge in [-0.25, -0.2) is 4.39 Å². The molecule has 1 N–H and O–H groups in total. The molecule has 2 rings (SSSR count). The molecule has 1 aromatic carbocycles. The van der Waals surface area contributed by atoms with Crippen molar-refractivity contribution >= 4 is 5.91 Å². The minimum Gasteiger partial charge on any atom is -0.339 e. The Labute approximate surface area is 119 Å². The average molecular weight is 304 g/mol. The van der Waals surface area contributed by atoms with Gasteiger partial charge in [0.25, 0.3) is 5.91 Å². The third kappa shape index (κ3) is 3.34. The molecule has 1 amide bonds. The van der Waals surface area contributed by atoms with Crippen LogP contribution in [0, 0.1) is 0 Å². The van der Waals surface area contributed by atoms with Crippen LogP contribution in [0.15, 0.2) is 24.3 Å². The quantitative estimate of drug-likeness (QED) is 0.870. The van der Waals surface area contributed by atoms with E-state index in [1.54, 1.807) is 0 Å². The number of halogens is 4. The van der Waals surface area contributed by atoms with Crippen LogP contribution in [0.3, 0.4) is 0 Å². The van der Waals surface area contributed by atoms with Crippen LogP contribution in [0.4, 0.5) is 17.6 Å². The Hall–Kier alpha value is -1.63. The highest BCUT2D eigenvalue weighted by molar-refractivity contribution is 5.85. The molecule has 1 aromatic rings. The maximum atomic E-state index is 14.3. The molecule has 0 radical (unpaired) electrons. The third-order valence-electron chi connectivity index (χ3n) is 3.56. The lowest BCUT2D eigenvalue weighted by atomic mass is 10.0. The van der Waals surface area contributed by atoms with Gasteiger partial charge in [-0.15, -0.1) is 0 Å². The summed E-state index contributed by atoms with van der Waals surface area (Å²) >= 11 is 0. The second-order valence-corrected chi connectivity index (χ2v) is 5.21. The number of nitrogens with zero attached hydrogens (tertiary/aromatic N) is 1. The average Bonchev–Trinajstić information content (AvgIpc) is 2.85. The summed E-state index contributed by atoms with van der Waals surface area (Å²) in [5.41, 5.74) is -2.88. The van der Waals surface area contributed by atoms with E-state index >= 15 is 0 Å². The molecular formula is C14H16F4N2O. The maximum Gasteiger partial charge on any atom is 0.416 e. The second kappa shape index (κ2) is 5.63. The highest BCUT2D eigenvalue weighted by Gasteiger charge is 2.43. The van der Waals surface area contributed by atoms with Crippen molar-refractivity contribution in [3.8, 4) is 0 Å². The van der Waals surface area contributed by atoms with Crippen LogP contribution in [0.25, 0.3) is 0 Å². The number of alkyl halides is 4. The fourth-order valence-electron chi connectivity index (χ4n) is 2.45. The zero-order valence-corrected chi connectivity index (χ0v) is 11.5. The molecule has 1 fully saturated rings. The van der Waals surface area contributed by atoms with Gasteiger partial charge in [0.2, 0.25) is 5.67 Å². The minimum atomic E-state index is -4.50. The van der Waals surface area contributed by atoms with Crippen LogP contribution >= 0.6 is 0 Å². The van der Waals surface area contributed by atoms with Crippen LogP contribution in [-0.2, 0) is 17.5 Å². The largest absolute Gasteiger partial charge is 0.416 e. The first-order valence-electron chi connectivity index (χ1n) is 6.54. The molecule has 0 saturated carbocycles. The van der Waals surface area contributed by atoms with E-state index < -0.39 is 23.3 Å². The molecule has 1 saturated heterocycles. The number of hydrogen-bond donors (Lipinski definition) is 1. The van der Waals surface area contributed by atoms with Crippen molar-refractivity contribution in [3.05, 3.63) is 35.4 Å². The molecule has 0 aliphatic carbocycles. The number of amides is 1. The molecule has 116 valence electrons. The Balaban J connectivity index is 2.17. The van der Waals surface area contributed by atoms with Gasteiger partial charge in [-0.2, -0.15) is 13.2 Å². The highest BCUT2D eigenvalue weighted by Crippen LogP contribution is 2.32. The maximum absolute atomic E-state index is 14.3. The van der Waals surface area contributed by atoms with Crippen molar-refractivity contribution in [1.82, 2.24) is 10.2 Å². The lowest BCUT2D eigenvalue weighted by Gasteiger charge is -2.26. The predicted octanol–water partition coefficient (Wildman–Crippen LogP) is 2.37. The molecule has 1 atom stereocenters. The van der Waals surface area contributed by atoms with Crippen LogP contribution in [-0.4, -0.2) is 36.6 Å². The van der Waals surface area contributed by atoms with Crippen LogP contribution in [0.5, 0.6) is 0 Å². The normalized spacial score (nSPS) is 22.3. The number of carbonyl (C=O) groups excluding carboxylic acids is 1. The summed E-state index contributed by atoms with van der Waals surface area (Å²) in [4.78, 5) is 13.1. The molecule has 0 unspecified atom stereocenters. The first kappa shape index (κ1) is 15.8. The Morgan fingerprint density at radius 1 is 1.38 bits per heavy atom. The van der Waals surface area contributed by atoms with Gasteiger partial charge in [-0.05, 0) is 18.2 Å². The topological polar surface area (TPSA) is 32.3 Å². The summed E-state index contributed by atoms with van der Waals surface area (Å²) in [5.74, 6) is -0.788. The summed E-state index contributed by atoms with van der Waals surface area (Å²) in [5, 5.41) is 2.75. The Morgan fingerprint density at radius 2 is 2.05 bits per heavy atom. The number of rotatable bonds is 3. The molecule has 0 spiro atoms. The Bertz CT molecular complexity index is 524. The van der Waals surface area contributed by atoms with E-state index in [9.17, 15) is 22.4 Å². The molecule has 3 nitrogen and oxygen atoms in total. The van der Waals surface area contributed by atoms with Gasteiger partial charge < -0.3 is 10.2 Å². The Kier molecular flexibility index (Phi) is 4.22. The number of nitrogens with one attached hydrogen (secondary N) is 1. The van der Waals surface area contributed by atoms with Crippen molar-refractivity contribution in [2.24, 2.45) is 0 Å². The SMILES string of the molecule is CN(Cc1ccccc1C(F)(F)F)C(=O)[C@]1(F)CCNC1. The fraction of sp³-hybridized carbons (Fsp3) is 0.500. The van der Waals surface area contributed by atoms with Crippen molar-refractivity contribution in [2.75, 3.05) is 20.1 Å². The highest BCUT2D eigenvalue weighted by atomic mass is 19.4.